The highest BCUT2D eigenvalue weighted by Gasteiger charge is 2.16. The molecule has 1 aromatic heterocycles. The third-order valence-electron chi connectivity index (χ3n) is 4.86. The minimum absolute atomic E-state index is 0.101. The molecule has 0 amide bonds. The van der Waals surface area contributed by atoms with E-state index in [4.69, 9.17) is 21.7 Å². The average molecular weight is 420 g/mol. The van der Waals surface area contributed by atoms with Crippen LogP contribution in [0.3, 0.4) is 0 Å². The molecule has 0 spiro atoms. The summed E-state index contributed by atoms with van der Waals surface area (Å²) in [6.45, 7) is 6.31. The van der Waals surface area contributed by atoms with E-state index in [1.165, 1.54) is 4.90 Å². The number of nitrogens with zero attached hydrogens (tertiary/aromatic N) is 1. The molecule has 3 rings (SSSR count). The zero-order chi connectivity index (χ0) is 20.8. The van der Waals surface area contributed by atoms with Crippen molar-refractivity contribution in [2.75, 3.05) is 46.9 Å². The lowest BCUT2D eigenvalue weighted by molar-refractivity contribution is -0.858. The Kier molecular flexibility index (Phi) is 7.33. The summed E-state index contributed by atoms with van der Waals surface area (Å²) in [5.41, 5.74) is 1.33. The van der Waals surface area contributed by atoms with Gasteiger partial charge < -0.3 is 29.6 Å². The summed E-state index contributed by atoms with van der Waals surface area (Å²) in [6.07, 6.45) is 2.00. The molecule has 158 valence electrons. The SMILES string of the molecule is CCCNC(=S)N(CCC[NH+](C)C)Cc1cc2cc3c(cc2[nH]c1=O)OCCO3. The maximum Gasteiger partial charge on any atom is 0.253 e. The van der Waals surface area contributed by atoms with E-state index in [1.54, 1.807) is 0 Å². The number of quaternary nitrogens is 1. The van der Waals surface area contributed by atoms with Crippen molar-refractivity contribution in [1.29, 1.82) is 0 Å². The quantitative estimate of drug-likeness (QED) is 0.553. The molecule has 1 aliphatic heterocycles. The van der Waals surface area contributed by atoms with E-state index < -0.39 is 0 Å². The Hall–Kier alpha value is -2.32. The Morgan fingerprint density at radius 3 is 2.66 bits per heavy atom. The van der Waals surface area contributed by atoms with Gasteiger partial charge in [-0.05, 0) is 30.8 Å². The Morgan fingerprint density at radius 2 is 1.97 bits per heavy atom. The van der Waals surface area contributed by atoms with Gasteiger partial charge in [0.05, 0.1) is 32.7 Å². The third-order valence-corrected chi connectivity index (χ3v) is 5.27. The van der Waals surface area contributed by atoms with Gasteiger partial charge in [-0.3, -0.25) is 4.79 Å². The number of ether oxygens (including phenoxy) is 2. The van der Waals surface area contributed by atoms with Gasteiger partial charge in [-0.25, -0.2) is 0 Å². The Bertz CT molecular complexity index is 913. The maximum atomic E-state index is 12.7. The number of aromatic nitrogens is 1. The summed E-state index contributed by atoms with van der Waals surface area (Å²) < 4.78 is 11.3. The molecule has 3 N–H and O–H groups in total. The molecular weight excluding hydrogens is 388 g/mol. The van der Waals surface area contributed by atoms with Crippen LogP contribution in [0, 0.1) is 0 Å². The Morgan fingerprint density at radius 1 is 1.24 bits per heavy atom. The minimum atomic E-state index is -0.101. The number of aromatic amines is 1. The van der Waals surface area contributed by atoms with Crippen molar-refractivity contribution in [3.8, 4) is 11.5 Å². The number of nitrogens with one attached hydrogen (secondary N) is 3. The highest BCUT2D eigenvalue weighted by molar-refractivity contribution is 7.80. The molecule has 0 radical (unpaired) electrons. The van der Waals surface area contributed by atoms with E-state index in [2.05, 4.69) is 36.2 Å². The van der Waals surface area contributed by atoms with Gasteiger partial charge in [0.2, 0.25) is 0 Å². The summed E-state index contributed by atoms with van der Waals surface area (Å²) in [7, 11) is 4.27. The molecule has 8 heteroatoms. The normalized spacial score (nSPS) is 13.0. The van der Waals surface area contributed by atoms with Crippen LogP contribution in [0.5, 0.6) is 11.5 Å². The Balaban J connectivity index is 1.83. The third kappa shape index (κ3) is 5.61. The number of benzene rings is 1. The Labute approximate surface area is 177 Å². The molecule has 0 fully saturated rings. The highest BCUT2D eigenvalue weighted by atomic mass is 32.1. The van der Waals surface area contributed by atoms with E-state index in [1.807, 2.05) is 18.2 Å². The molecule has 0 aliphatic carbocycles. The van der Waals surface area contributed by atoms with Crippen LogP contribution < -0.4 is 25.2 Å². The molecule has 0 atom stereocenters. The van der Waals surface area contributed by atoms with Crippen molar-refractivity contribution >= 4 is 28.2 Å². The zero-order valence-electron chi connectivity index (χ0n) is 17.5. The fraction of sp³-hybridized carbons (Fsp3) is 0.524. The first-order valence-corrected chi connectivity index (χ1v) is 10.7. The van der Waals surface area contributed by atoms with E-state index in [9.17, 15) is 4.79 Å². The summed E-state index contributed by atoms with van der Waals surface area (Å²) in [4.78, 5) is 19.2. The second-order valence-corrected chi connectivity index (χ2v) is 8.06. The molecule has 1 aromatic carbocycles. The number of fused-ring (bicyclic) bond motifs is 2. The zero-order valence-corrected chi connectivity index (χ0v) is 18.3. The molecule has 7 nitrogen and oxygen atoms in total. The largest absolute Gasteiger partial charge is 0.486 e. The number of hydrogen-bond donors (Lipinski definition) is 3. The van der Waals surface area contributed by atoms with Crippen LogP contribution >= 0.6 is 12.2 Å². The first-order chi connectivity index (χ1) is 14.0. The van der Waals surface area contributed by atoms with Gasteiger partial charge in [0.25, 0.3) is 5.56 Å². The van der Waals surface area contributed by atoms with Gasteiger partial charge in [-0.2, -0.15) is 0 Å². The monoisotopic (exact) mass is 419 g/mol. The van der Waals surface area contributed by atoms with Crippen LogP contribution in [0.1, 0.15) is 25.3 Å². The number of rotatable bonds is 8. The van der Waals surface area contributed by atoms with Gasteiger partial charge in [0, 0.05) is 36.5 Å². The highest BCUT2D eigenvalue weighted by Crippen LogP contribution is 2.33. The van der Waals surface area contributed by atoms with Gasteiger partial charge in [-0.1, -0.05) is 6.92 Å². The summed E-state index contributed by atoms with van der Waals surface area (Å²) in [5.74, 6) is 1.39. The maximum absolute atomic E-state index is 12.7. The average Bonchev–Trinajstić information content (AvgIpc) is 2.70. The second-order valence-electron chi connectivity index (χ2n) is 7.67. The lowest BCUT2D eigenvalue weighted by Crippen LogP contribution is -3.05. The van der Waals surface area contributed by atoms with E-state index in [-0.39, 0.29) is 5.56 Å². The van der Waals surface area contributed by atoms with Crippen LogP contribution in [-0.4, -0.2) is 61.9 Å². The van der Waals surface area contributed by atoms with Crippen LogP contribution in [0.25, 0.3) is 10.9 Å². The van der Waals surface area contributed by atoms with Crippen LogP contribution in [-0.2, 0) is 6.54 Å². The van der Waals surface area contributed by atoms with Crippen LogP contribution in [0.4, 0.5) is 0 Å². The molecule has 2 heterocycles. The van der Waals surface area contributed by atoms with Crippen molar-refractivity contribution in [1.82, 2.24) is 15.2 Å². The molecule has 29 heavy (non-hydrogen) atoms. The molecule has 2 aromatic rings. The van der Waals surface area contributed by atoms with Crippen molar-refractivity contribution in [2.45, 2.75) is 26.3 Å². The van der Waals surface area contributed by atoms with Gasteiger partial charge >= 0.3 is 0 Å². The first-order valence-electron chi connectivity index (χ1n) is 10.2. The van der Waals surface area contributed by atoms with E-state index >= 15 is 0 Å². The van der Waals surface area contributed by atoms with Gasteiger partial charge in [0.15, 0.2) is 16.6 Å². The fourth-order valence-corrected chi connectivity index (χ4v) is 3.59. The lowest BCUT2D eigenvalue weighted by Gasteiger charge is -2.26. The molecular formula is C21H31N4O3S+. The van der Waals surface area contributed by atoms with Crippen molar-refractivity contribution in [3.63, 3.8) is 0 Å². The molecule has 0 saturated carbocycles. The van der Waals surface area contributed by atoms with Crippen molar-refractivity contribution in [3.05, 3.63) is 34.1 Å². The molecule has 0 bridgehead atoms. The van der Waals surface area contributed by atoms with Crippen LogP contribution in [0.15, 0.2) is 23.0 Å². The predicted octanol–water partition coefficient (Wildman–Crippen LogP) is 0.920. The van der Waals surface area contributed by atoms with Gasteiger partial charge in [-0.15, -0.1) is 0 Å². The lowest BCUT2D eigenvalue weighted by atomic mass is 10.1. The van der Waals surface area contributed by atoms with E-state index in [0.717, 1.165) is 43.4 Å². The predicted molar refractivity (Wildman–Crippen MR) is 119 cm³/mol. The number of H-pyrrole nitrogens is 1. The minimum Gasteiger partial charge on any atom is -0.486 e. The second kappa shape index (κ2) is 9.93. The summed E-state index contributed by atoms with van der Waals surface area (Å²) >= 11 is 5.60. The first kappa shape index (κ1) is 21.4. The fourth-order valence-electron chi connectivity index (χ4n) is 3.33. The molecule has 0 unspecified atom stereocenters. The standard InChI is InChI=1S/C21H30N4O3S/c1-4-6-22-21(29)25(8-5-7-24(2)3)14-16-11-15-12-18-19(28-10-9-27-18)13-17(15)23-20(16)26/h11-13H,4-10,14H2,1-3H3,(H,22,29)(H,23,26)/p+1. The summed E-state index contributed by atoms with van der Waals surface area (Å²) in [5, 5.41) is 4.91. The van der Waals surface area contributed by atoms with Crippen molar-refractivity contribution in [2.24, 2.45) is 0 Å². The molecule has 1 aliphatic rings. The number of pyridine rings is 1. The van der Waals surface area contributed by atoms with Crippen molar-refractivity contribution < 1.29 is 14.4 Å². The summed E-state index contributed by atoms with van der Waals surface area (Å²) in [6, 6.07) is 5.69. The number of hydrogen-bond acceptors (Lipinski definition) is 4. The van der Waals surface area contributed by atoms with E-state index in [0.29, 0.717) is 41.9 Å². The smallest absolute Gasteiger partial charge is 0.253 e. The molecule has 0 saturated heterocycles. The number of thiocarbonyl (C=S) groups is 1. The topological polar surface area (TPSA) is 71.0 Å². The van der Waals surface area contributed by atoms with Gasteiger partial charge in [0.1, 0.15) is 13.2 Å². The van der Waals surface area contributed by atoms with Crippen LogP contribution in [0.2, 0.25) is 0 Å².